The second kappa shape index (κ2) is 13.4. The summed E-state index contributed by atoms with van der Waals surface area (Å²) in [5, 5.41) is 31.1. The summed E-state index contributed by atoms with van der Waals surface area (Å²) in [6.07, 6.45) is 0. The minimum absolute atomic E-state index is 0.0605. The molecule has 14 heteroatoms. The molecule has 0 bridgehead atoms. The van der Waals surface area contributed by atoms with Crippen molar-refractivity contribution in [2.45, 2.75) is 24.9 Å². The predicted molar refractivity (Wildman–Crippen MR) is 184 cm³/mol. The first kappa shape index (κ1) is 33.2. The predicted octanol–water partition coefficient (Wildman–Crippen LogP) is 6.56. The van der Waals surface area contributed by atoms with Crippen molar-refractivity contribution in [1.82, 2.24) is 19.6 Å². The minimum atomic E-state index is -1.90. The Morgan fingerprint density at radius 1 is 0.729 bits per heavy atom. The summed E-state index contributed by atoms with van der Waals surface area (Å²) in [6, 6.07) is 21.5. The second-order valence-electron chi connectivity index (χ2n) is 10.9. The summed E-state index contributed by atoms with van der Waals surface area (Å²) in [6.45, 7) is -0.458. The van der Waals surface area contributed by atoms with E-state index in [0.717, 1.165) is 9.36 Å². The molecule has 0 aliphatic rings. The first-order valence-electron chi connectivity index (χ1n) is 14.3. The highest BCUT2D eigenvalue weighted by atomic mass is 79.9. The van der Waals surface area contributed by atoms with Gasteiger partial charge in [0.2, 0.25) is 0 Å². The van der Waals surface area contributed by atoms with Crippen molar-refractivity contribution in [2.75, 3.05) is 0 Å². The number of carboxylic acids is 2. The smallest absolute Gasteiger partial charge is 0.313 e. The van der Waals surface area contributed by atoms with Crippen molar-refractivity contribution in [2.24, 2.45) is 0 Å². The van der Waals surface area contributed by atoms with Crippen LogP contribution < -0.4 is 11.1 Å². The third-order valence-electron chi connectivity index (χ3n) is 7.90. The van der Waals surface area contributed by atoms with Crippen LogP contribution in [0.4, 0.5) is 4.39 Å². The number of aromatic nitrogens is 4. The number of fused-ring (bicyclic) bond motifs is 2. The van der Waals surface area contributed by atoms with Crippen molar-refractivity contribution < 1.29 is 24.2 Å². The van der Waals surface area contributed by atoms with Gasteiger partial charge in [-0.05, 0) is 57.9 Å². The SMILES string of the molecule is O=C(O)C(c1nn(Cc2ccc(Br)c(Cl)c2)c(=O)c2ccccc12)C(C(=O)O)c1nn(Cc2ccc(Br)cc2F)c(=O)c2ccccc12. The zero-order chi connectivity index (χ0) is 34.3. The van der Waals surface area contributed by atoms with Crippen LogP contribution in [0.1, 0.15) is 34.4 Å². The summed E-state index contributed by atoms with van der Waals surface area (Å²) in [4.78, 5) is 53.5. The molecule has 6 rings (SSSR count). The molecule has 6 aromatic rings. The average molecular weight is 797 g/mol. The van der Waals surface area contributed by atoms with Gasteiger partial charge in [0, 0.05) is 25.3 Å². The molecule has 4 aromatic carbocycles. The quantitative estimate of drug-likeness (QED) is 0.168. The number of rotatable bonds is 9. The molecule has 242 valence electrons. The number of carbonyl (C=O) groups is 2. The Bertz CT molecular complexity index is 2400. The van der Waals surface area contributed by atoms with Gasteiger partial charge in [-0.2, -0.15) is 10.2 Å². The van der Waals surface area contributed by atoms with Crippen LogP contribution in [0, 0.1) is 5.82 Å². The Balaban J connectivity index is 1.58. The normalized spacial score (nSPS) is 12.7. The highest BCUT2D eigenvalue weighted by molar-refractivity contribution is 9.10. The van der Waals surface area contributed by atoms with E-state index < -0.39 is 40.7 Å². The van der Waals surface area contributed by atoms with Gasteiger partial charge in [0.15, 0.2) is 0 Å². The highest BCUT2D eigenvalue weighted by Crippen LogP contribution is 2.37. The van der Waals surface area contributed by atoms with Crippen LogP contribution in [-0.2, 0) is 22.7 Å². The van der Waals surface area contributed by atoms with E-state index in [9.17, 15) is 33.8 Å². The third-order valence-corrected chi connectivity index (χ3v) is 9.62. The van der Waals surface area contributed by atoms with Gasteiger partial charge >= 0.3 is 11.9 Å². The van der Waals surface area contributed by atoms with E-state index in [2.05, 4.69) is 42.1 Å². The van der Waals surface area contributed by atoms with Crippen LogP contribution in [-0.4, -0.2) is 41.7 Å². The van der Waals surface area contributed by atoms with E-state index in [-0.39, 0.29) is 51.6 Å². The van der Waals surface area contributed by atoms with Crippen LogP contribution in [0.2, 0.25) is 5.02 Å². The molecule has 0 aliphatic heterocycles. The van der Waals surface area contributed by atoms with Crippen LogP contribution in [0.15, 0.2) is 103 Å². The summed E-state index contributed by atoms with van der Waals surface area (Å²) in [5.74, 6) is -7.55. The second-order valence-corrected chi connectivity index (χ2v) is 13.1. The van der Waals surface area contributed by atoms with Crippen molar-refractivity contribution in [1.29, 1.82) is 0 Å². The third kappa shape index (κ3) is 6.28. The number of hydrogen-bond acceptors (Lipinski definition) is 6. The van der Waals surface area contributed by atoms with Gasteiger partial charge in [0.1, 0.15) is 17.7 Å². The minimum Gasteiger partial charge on any atom is -0.481 e. The summed E-state index contributed by atoms with van der Waals surface area (Å²) >= 11 is 12.8. The Hall–Kier alpha value is -4.72. The van der Waals surface area contributed by atoms with E-state index in [1.807, 2.05) is 0 Å². The van der Waals surface area contributed by atoms with Gasteiger partial charge in [0.25, 0.3) is 11.1 Å². The topological polar surface area (TPSA) is 144 Å². The van der Waals surface area contributed by atoms with E-state index in [1.54, 1.807) is 48.5 Å². The summed E-state index contributed by atoms with van der Waals surface area (Å²) in [7, 11) is 0. The number of nitrogens with zero attached hydrogens (tertiary/aromatic N) is 4. The monoisotopic (exact) mass is 794 g/mol. The van der Waals surface area contributed by atoms with Crippen molar-refractivity contribution in [3.8, 4) is 0 Å². The number of halogens is 4. The van der Waals surface area contributed by atoms with Gasteiger partial charge in [-0.15, -0.1) is 0 Å². The molecule has 2 aromatic heterocycles. The molecule has 10 nitrogen and oxygen atoms in total. The van der Waals surface area contributed by atoms with E-state index >= 15 is 0 Å². The number of carboxylic acid groups (broad SMARTS) is 2. The number of aliphatic carboxylic acids is 2. The van der Waals surface area contributed by atoms with Gasteiger partial charge < -0.3 is 10.2 Å². The molecular weight excluding hydrogens is 775 g/mol. The lowest BCUT2D eigenvalue weighted by Crippen LogP contribution is -2.34. The Kier molecular flexibility index (Phi) is 9.28. The van der Waals surface area contributed by atoms with Crippen LogP contribution in [0.5, 0.6) is 0 Å². The van der Waals surface area contributed by atoms with Crippen molar-refractivity contribution in [3.63, 3.8) is 0 Å². The lowest BCUT2D eigenvalue weighted by molar-refractivity contribution is -0.147. The van der Waals surface area contributed by atoms with Gasteiger partial charge in [-0.3, -0.25) is 19.2 Å². The maximum atomic E-state index is 14.9. The summed E-state index contributed by atoms with van der Waals surface area (Å²) in [5.41, 5.74) is -0.915. The molecule has 0 aliphatic carbocycles. The van der Waals surface area contributed by atoms with Gasteiger partial charge in [-0.1, -0.05) is 76.1 Å². The molecule has 0 spiro atoms. The fraction of sp³-hybridized carbons (Fsp3) is 0.118. The molecule has 0 amide bonds. The number of benzene rings is 4. The van der Waals surface area contributed by atoms with Crippen LogP contribution in [0.3, 0.4) is 0 Å². The Morgan fingerprint density at radius 2 is 1.23 bits per heavy atom. The van der Waals surface area contributed by atoms with Crippen molar-refractivity contribution >= 4 is 76.9 Å². The fourth-order valence-electron chi connectivity index (χ4n) is 5.65. The maximum Gasteiger partial charge on any atom is 0.313 e. The van der Waals surface area contributed by atoms with Crippen LogP contribution >= 0.6 is 43.5 Å². The van der Waals surface area contributed by atoms with Crippen LogP contribution in [0.25, 0.3) is 21.5 Å². The Labute approximate surface area is 292 Å². The lowest BCUT2D eigenvalue weighted by atomic mass is 9.83. The molecule has 48 heavy (non-hydrogen) atoms. The summed E-state index contributed by atoms with van der Waals surface area (Å²) < 4.78 is 17.9. The molecule has 2 unspecified atom stereocenters. The molecule has 0 radical (unpaired) electrons. The largest absolute Gasteiger partial charge is 0.481 e. The first-order valence-corrected chi connectivity index (χ1v) is 16.2. The molecule has 2 atom stereocenters. The number of hydrogen-bond donors (Lipinski definition) is 2. The molecule has 2 heterocycles. The van der Waals surface area contributed by atoms with E-state index in [4.69, 9.17) is 11.6 Å². The zero-order valence-electron chi connectivity index (χ0n) is 24.5. The molecular formula is C34H22Br2ClFN4O6. The van der Waals surface area contributed by atoms with Crippen molar-refractivity contribution in [3.05, 3.63) is 148 Å². The fourth-order valence-corrected chi connectivity index (χ4v) is 6.44. The molecule has 0 saturated heterocycles. The first-order chi connectivity index (χ1) is 22.9. The molecule has 0 fully saturated rings. The van der Waals surface area contributed by atoms with Gasteiger partial charge in [0.05, 0.1) is 40.3 Å². The van der Waals surface area contributed by atoms with E-state index in [0.29, 0.717) is 19.5 Å². The maximum absolute atomic E-state index is 14.9. The molecule has 0 saturated carbocycles. The highest BCUT2D eigenvalue weighted by Gasteiger charge is 2.42. The lowest BCUT2D eigenvalue weighted by Gasteiger charge is -2.23. The standard InChI is InChI=1S/C34H22Br2ClFN4O6/c35-19-11-10-18(26(38)14-19)16-42-32(44)23-8-4-2-6-21(23)30(40-42)28(34(47)48)27(33(45)46)29-20-5-1-3-7-22(20)31(43)41(39-29)15-17-9-12-24(36)25(37)13-17/h1-14,27-28H,15-16H2,(H,45,46)(H,47,48). The van der Waals surface area contributed by atoms with Gasteiger partial charge in [-0.25, -0.2) is 13.8 Å². The molecule has 2 N–H and O–H groups in total. The zero-order valence-corrected chi connectivity index (χ0v) is 28.4. The average Bonchev–Trinajstić information content (AvgIpc) is 3.05. The Morgan fingerprint density at radius 3 is 1.71 bits per heavy atom. The van der Waals surface area contributed by atoms with E-state index in [1.165, 1.54) is 36.4 Å².